The predicted molar refractivity (Wildman–Crippen MR) is 32.4 cm³/mol. The molecule has 0 bridgehead atoms. The van der Waals surface area contributed by atoms with Crippen LogP contribution in [0.4, 0.5) is 5.82 Å². The molecule has 0 N–H and O–H groups in total. The van der Waals surface area contributed by atoms with Crippen molar-refractivity contribution in [2.75, 3.05) is 0 Å². The number of rotatable bonds is 2. The molecular formula is C4H6N4O2. The van der Waals surface area contributed by atoms with E-state index in [1.54, 1.807) is 0 Å². The van der Waals surface area contributed by atoms with Crippen LogP contribution in [0.5, 0.6) is 0 Å². The molecule has 0 spiro atoms. The first kappa shape index (κ1) is 6.66. The summed E-state index contributed by atoms with van der Waals surface area (Å²) in [6.45, 7) is 2.43. The third-order valence-corrected chi connectivity index (χ3v) is 1.04. The summed E-state index contributed by atoms with van der Waals surface area (Å²) in [7, 11) is 0. The van der Waals surface area contributed by atoms with E-state index in [4.69, 9.17) is 0 Å². The van der Waals surface area contributed by atoms with Gasteiger partial charge in [0.25, 0.3) is 0 Å². The Morgan fingerprint density at radius 3 is 2.90 bits per heavy atom. The topological polar surface area (TPSA) is 73.8 Å². The minimum atomic E-state index is -0.570. The largest absolute Gasteiger partial charge is 0.410 e. The summed E-state index contributed by atoms with van der Waals surface area (Å²) < 4.78 is 1.40. The van der Waals surface area contributed by atoms with Gasteiger partial charge in [-0.15, -0.1) is 0 Å². The molecule has 0 saturated heterocycles. The Labute approximate surface area is 56.6 Å². The van der Waals surface area contributed by atoms with Crippen molar-refractivity contribution in [3.05, 3.63) is 16.3 Å². The lowest BCUT2D eigenvalue weighted by molar-refractivity contribution is -0.389. The molecule has 0 unspecified atom stereocenters. The van der Waals surface area contributed by atoms with Crippen molar-refractivity contribution >= 4 is 5.82 Å². The number of aromatic nitrogens is 3. The van der Waals surface area contributed by atoms with E-state index in [9.17, 15) is 10.1 Å². The van der Waals surface area contributed by atoms with Crippen LogP contribution in [0, 0.1) is 10.1 Å². The van der Waals surface area contributed by atoms with Crippen LogP contribution in [-0.2, 0) is 6.54 Å². The number of aryl methyl sites for hydroxylation is 1. The van der Waals surface area contributed by atoms with Crippen molar-refractivity contribution in [2.45, 2.75) is 13.5 Å². The smallest absolute Gasteiger partial charge is 0.358 e. The molecule has 0 atom stereocenters. The van der Waals surface area contributed by atoms with Crippen LogP contribution < -0.4 is 0 Å². The van der Waals surface area contributed by atoms with Gasteiger partial charge < -0.3 is 10.1 Å². The molecule has 1 rings (SSSR count). The predicted octanol–water partition coefficient (Wildman–Crippen LogP) is 0.206. The van der Waals surface area contributed by atoms with Crippen LogP contribution in [-0.4, -0.2) is 19.9 Å². The fourth-order valence-corrected chi connectivity index (χ4v) is 0.526. The van der Waals surface area contributed by atoms with Crippen molar-refractivity contribution < 1.29 is 4.92 Å². The zero-order valence-electron chi connectivity index (χ0n) is 5.39. The van der Waals surface area contributed by atoms with Crippen LogP contribution in [0.25, 0.3) is 0 Å². The number of hydrogen-bond donors (Lipinski definition) is 0. The van der Waals surface area contributed by atoms with Crippen molar-refractivity contribution in [2.24, 2.45) is 0 Å². The van der Waals surface area contributed by atoms with E-state index in [2.05, 4.69) is 10.3 Å². The van der Waals surface area contributed by atoms with Gasteiger partial charge in [-0.1, -0.05) is 0 Å². The van der Waals surface area contributed by atoms with Gasteiger partial charge >= 0.3 is 5.82 Å². The molecule has 54 valence electrons. The van der Waals surface area contributed by atoms with Gasteiger partial charge in [0.05, 0.1) is 5.21 Å². The molecule has 0 amide bonds. The van der Waals surface area contributed by atoms with Gasteiger partial charge in [0.1, 0.15) is 11.3 Å². The molecule has 1 aromatic heterocycles. The maximum Gasteiger partial charge on any atom is 0.410 e. The standard InChI is InChI=1S/C4H6N4O2/c1-2-7-3-4(5-6-7)8(9)10/h3H,2H2,1H3. The molecule has 0 aromatic carbocycles. The molecule has 0 saturated carbocycles. The van der Waals surface area contributed by atoms with Crippen molar-refractivity contribution in [3.63, 3.8) is 0 Å². The summed E-state index contributed by atoms with van der Waals surface area (Å²) in [4.78, 5) is 9.45. The third kappa shape index (κ3) is 1.09. The Balaban J connectivity index is 2.88. The number of hydrogen-bond acceptors (Lipinski definition) is 4. The molecule has 1 heterocycles. The zero-order valence-corrected chi connectivity index (χ0v) is 5.39. The molecule has 10 heavy (non-hydrogen) atoms. The zero-order chi connectivity index (χ0) is 7.56. The summed E-state index contributed by atoms with van der Waals surface area (Å²) in [6, 6.07) is 0. The third-order valence-electron chi connectivity index (χ3n) is 1.04. The summed E-state index contributed by atoms with van der Waals surface area (Å²) in [6.07, 6.45) is 1.29. The lowest BCUT2D eigenvalue weighted by Crippen LogP contribution is -1.93. The maximum absolute atomic E-state index is 10.0. The van der Waals surface area contributed by atoms with E-state index in [1.165, 1.54) is 10.9 Å². The quantitative estimate of drug-likeness (QED) is 0.437. The highest BCUT2D eigenvalue weighted by molar-refractivity contribution is 5.08. The lowest BCUT2D eigenvalue weighted by atomic mass is 10.7. The highest BCUT2D eigenvalue weighted by Crippen LogP contribution is 2.01. The normalized spacial score (nSPS) is 9.70. The van der Waals surface area contributed by atoms with Crippen molar-refractivity contribution in [1.29, 1.82) is 0 Å². The highest BCUT2D eigenvalue weighted by Gasteiger charge is 2.09. The van der Waals surface area contributed by atoms with E-state index < -0.39 is 4.92 Å². The van der Waals surface area contributed by atoms with Gasteiger partial charge in [-0.05, 0) is 11.8 Å². The fourth-order valence-electron chi connectivity index (χ4n) is 0.526. The first-order valence-electron chi connectivity index (χ1n) is 2.78. The summed E-state index contributed by atoms with van der Waals surface area (Å²) in [5.41, 5.74) is 0. The highest BCUT2D eigenvalue weighted by atomic mass is 16.6. The minimum Gasteiger partial charge on any atom is -0.358 e. The second kappa shape index (κ2) is 2.42. The van der Waals surface area contributed by atoms with E-state index in [0.29, 0.717) is 6.54 Å². The molecular weight excluding hydrogens is 136 g/mol. The molecule has 0 aliphatic carbocycles. The van der Waals surface area contributed by atoms with Crippen LogP contribution >= 0.6 is 0 Å². The van der Waals surface area contributed by atoms with Crippen LogP contribution in [0.15, 0.2) is 6.20 Å². The Kier molecular flexibility index (Phi) is 1.61. The van der Waals surface area contributed by atoms with Crippen molar-refractivity contribution in [3.8, 4) is 0 Å². The Morgan fingerprint density at radius 2 is 2.60 bits per heavy atom. The second-order valence-electron chi connectivity index (χ2n) is 1.69. The van der Waals surface area contributed by atoms with Crippen molar-refractivity contribution in [1.82, 2.24) is 15.0 Å². The van der Waals surface area contributed by atoms with E-state index in [-0.39, 0.29) is 5.82 Å². The second-order valence-corrected chi connectivity index (χ2v) is 1.69. The maximum atomic E-state index is 10.0. The number of nitro groups is 1. The minimum absolute atomic E-state index is 0.207. The van der Waals surface area contributed by atoms with E-state index in [0.717, 1.165) is 0 Å². The lowest BCUT2D eigenvalue weighted by Gasteiger charge is -1.84. The molecule has 0 radical (unpaired) electrons. The van der Waals surface area contributed by atoms with E-state index in [1.807, 2.05) is 6.92 Å². The molecule has 0 aliphatic rings. The van der Waals surface area contributed by atoms with Crippen LogP contribution in [0.2, 0.25) is 0 Å². The van der Waals surface area contributed by atoms with Crippen LogP contribution in [0.3, 0.4) is 0 Å². The Hall–Kier alpha value is -1.46. The van der Waals surface area contributed by atoms with Crippen LogP contribution in [0.1, 0.15) is 6.92 Å². The molecule has 0 fully saturated rings. The SMILES string of the molecule is CCn1cc([N+](=O)[O-])nn1. The molecule has 6 nitrogen and oxygen atoms in total. The first-order valence-corrected chi connectivity index (χ1v) is 2.78. The first-order chi connectivity index (χ1) is 4.74. The van der Waals surface area contributed by atoms with Gasteiger partial charge in [0.2, 0.25) is 0 Å². The molecule has 6 heteroatoms. The summed E-state index contributed by atoms with van der Waals surface area (Å²) in [5, 5.41) is 16.8. The van der Waals surface area contributed by atoms with Gasteiger partial charge in [-0.25, -0.2) is 4.68 Å². The summed E-state index contributed by atoms with van der Waals surface area (Å²) in [5.74, 6) is -0.207. The average Bonchev–Trinajstić information content (AvgIpc) is 2.34. The number of nitrogens with zero attached hydrogens (tertiary/aromatic N) is 4. The Morgan fingerprint density at radius 1 is 1.90 bits per heavy atom. The fraction of sp³-hybridized carbons (Fsp3) is 0.500. The molecule has 0 aliphatic heterocycles. The van der Waals surface area contributed by atoms with Gasteiger partial charge in [0.15, 0.2) is 0 Å². The molecule has 1 aromatic rings. The summed E-state index contributed by atoms with van der Waals surface area (Å²) >= 11 is 0. The van der Waals surface area contributed by atoms with Gasteiger partial charge in [-0.2, -0.15) is 0 Å². The monoisotopic (exact) mass is 142 g/mol. The average molecular weight is 142 g/mol. The van der Waals surface area contributed by atoms with E-state index >= 15 is 0 Å². The van der Waals surface area contributed by atoms with Gasteiger partial charge in [-0.3, -0.25) is 0 Å². The van der Waals surface area contributed by atoms with Gasteiger partial charge in [0, 0.05) is 6.54 Å². The Bertz CT molecular complexity index is 243.